The van der Waals surface area contributed by atoms with E-state index in [1.165, 1.54) is 0 Å². The molecule has 3 N–H and O–H groups in total. The van der Waals surface area contributed by atoms with E-state index >= 15 is 0 Å². The van der Waals surface area contributed by atoms with Gasteiger partial charge in [-0.05, 0) is 62.3 Å². The first-order chi connectivity index (χ1) is 8.50. The number of hydrogen-bond donors (Lipinski definition) is 3. The number of aliphatic hydroxyl groups is 3. The van der Waals surface area contributed by atoms with E-state index in [1.807, 2.05) is 12.2 Å². The summed E-state index contributed by atoms with van der Waals surface area (Å²) in [5.74, 6) is 0. The van der Waals surface area contributed by atoms with E-state index in [-0.39, 0.29) is 51.4 Å². The van der Waals surface area contributed by atoms with Crippen LogP contribution in [-0.4, -0.2) is 32.1 Å². The predicted molar refractivity (Wildman–Crippen MR) is 113 cm³/mol. The summed E-state index contributed by atoms with van der Waals surface area (Å²) in [5.41, 5.74) is -1.50. The van der Waals surface area contributed by atoms with E-state index in [0.29, 0.717) is 0 Å². The second kappa shape index (κ2) is 24.1. The fraction of sp³-hybridized carbons (Fsp3) is 0.619. The minimum atomic E-state index is -0.500. The molecule has 158 valence electrons. The summed E-state index contributed by atoms with van der Waals surface area (Å²) >= 11 is 0. The van der Waals surface area contributed by atoms with Crippen molar-refractivity contribution in [1.29, 1.82) is 0 Å². The zero-order valence-corrected chi connectivity index (χ0v) is 20.8. The van der Waals surface area contributed by atoms with Crippen LogP contribution in [0.25, 0.3) is 0 Å². The fourth-order valence-corrected chi connectivity index (χ4v) is 0.340. The maximum absolute atomic E-state index is 8.52. The Bertz CT molecular complexity index is 208. The van der Waals surface area contributed by atoms with Gasteiger partial charge in [-0.2, -0.15) is 6.08 Å². The molecule has 0 aromatic carbocycles. The Balaban J connectivity index is -0.0000000241. The maximum atomic E-state index is 8.52. The van der Waals surface area contributed by atoms with E-state index in [1.54, 1.807) is 62.3 Å². The Morgan fingerprint density at radius 1 is 0.640 bits per heavy atom. The SMILES string of the molecule is CC(C)(C)O.CC(C)(C)O.CC(C)(C)O.[C-]1=CC=CC1.[CH3-].[CH3-].[CH3-].[CH3-].[Ti]. The molecule has 0 bridgehead atoms. The molecular weight excluding hydrogens is 348 g/mol. The van der Waals surface area contributed by atoms with Crippen molar-refractivity contribution in [3.63, 3.8) is 0 Å². The van der Waals surface area contributed by atoms with Gasteiger partial charge >= 0.3 is 0 Å². The van der Waals surface area contributed by atoms with Crippen molar-refractivity contribution in [2.75, 3.05) is 0 Å². The summed E-state index contributed by atoms with van der Waals surface area (Å²) in [4.78, 5) is 0. The molecule has 25 heavy (non-hydrogen) atoms. The van der Waals surface area contributed by atoms with Gasteiger partial charge in [-0.15, -0.1) is 6.42 Å². The maximum Gasteiger partial charge on any atom is 0.0563 e. The second-order valence-electron chi connectivity index (χ2n) is 7.52. The molecule has 1 aliphatic carbocycles. The van der Waals surface area contributed by atoms with Gasteiger partial charge in [-0.3, -0.25) is 6.08 Å². The van der Waals surface area contributed by atoms with Crippen LogP contribution >= 0.6 is 0 Å². The summed E-state index contributed by atoms with van der Waals surface area (Å²) in [6.07, 6.45) is 10.0. The van der Waals surface area contributed by atoms with Crippen molar-refractivity contribution in [3.8, 4) is 0 Å². The van der Waals surface area contributed by atoms with E-state index in [0.717, 1.165) is 6.42 Å². The minimum Gasteiger partial charge on any atom is -0.391 e. The molecule has 1 aliphatic rings. The van der Waals surface area contributed by atoms with E-state index in [2.05, 4.69) is 12.2 Å². The van der Waals surface area contributed by atoms with E-state index in [9.17, 15) is 0 Å². The van der Waals surface area contributed by atoms with Gasteiger partial charge in [0.25, 0.3) is 0 Å². The largest absolute Gasteiger partial charge is 0.391 e. The molecule has 0 aliphatic heterocycles. The predicted octanol–water partition coefficient (Wildman–Crippen LogP) is 5.44. The topological polar surface area (TPSA) is 60.7 Å². The normalized spacial score (nSPS) is 10.7. The molecule has 0 saturated carbocycles. The average molecular weight is 395 g/mol. The summed E-state index contributed by atoms with van der Waals surface area (Å²) in [5, 5.41) is 25.6. The van der Waals surface area contributed by atoms with Crippen LogP contribution in [0, 0.1) is 35.8 Å². The van der Waals surface area contributed by atoms with Gasteiger partial charge in [0.05, 0.1) is 16.8 Å². The fourth-order valence-electron chi connectivity index (χ4n) is 0.340. The van der Waals surface area contributed by atoms with Crippen LogP contribution in [-0.2, 0) is 21.7 Å². The minimum absolute atomic E-state index is 0. The van der Waals surface area contributed by atoms with Gasteiger partial charge in [-0.1, -0.05) is 0 Å². The quantitative estimate of drug-likeness (QED) is 0.378. The van der Waals surface area contributed by atoms with Gasteiger partial charge in [0.2, 0.25) is 0 Å². The van der Waals surface area contributed by atoms with Crippen molar-refractivity contribution in [2.45, 2.75) is 85.5 Å². The monoisotopic (exact) mass is 395 g/mol. The number of rotatable bonds is 0. The zero-order chi connectivity index (χ0) is 17.0. The third-order valence-corrected chi connectivity index (χ3v) is 0.586. The molecule has 3 nitrogen and oxygen atoms in total. The molecule has 0 fully saturated rings. The van der Waals surface area contributed by atoms with Crippen LogP contribution < -0.4 is 0 Å². The first-order valence-electron chi connectivity index (χ1n) is 6.89. The molecule has 4 heteroatoms. The number of allylic oxidation sites excluding steroid dienone is 4. The van der Waals surface area contributed by atoms with Gasteiger partial charge < -0.3 is 45.0 Å². The zero-order valence-electron chi connectivity index (χ0n) is 19.3. The van der Waals surface area contributed by atoms with Crippen molar-refractivity contribution in [3.05, 3.63) is 54.0 Å². The van der Waals surface area contributed by atoms with Gasteiger partial charge in [-0.25, -0.2) is 12.2 Å². The molecular formula is C21H47O3Ti-5. The van der Waals surface area contributed by atoms with Crippen LogP contribution in [0.5, 0.6) is 0 Å². The van der Waals surface area contributed by atoms with Crippen LogP contribution in [0.1, 0.15) is 68.7 Å². The van der Waals surface area contributed by atoms with Crippen molar-refractivity contribution in [1.82, 2.24) is 0 Å². The van der Waals surface area contributed by atoms with Crippen LogP contribution in [0.4, 0.5) is 0 Å². The van der Waals surface area contributed by atoms with Crippen molar-refractivity contribution in [2.24, 2.45) is 0 Å². The summed E-state index contributed by atoms with van der Waals surface area (Å²) in [7, 11) is 0. The Kier molecular flexibility index (Phi) is 48.0. The van der Waals surface area contributed by atoms with Crippen LogP contribution in [0.15, 0.2) is 18.2 Å². The molecule has 0 aromatic heterocycles. The van der Waals surface area contributed by atoms with E-state index in [4.69, 9.17) is 15.3 Å². The molecule has 0 aromatic rings. The smallest absolute Gasteiger partial charge is 0.0563 e. The molecule has 0 radical (unpaired) electrons. The average Bonchev–Trinajstić information content (AvgIpc) is 2.45. The molecule has 0 unspecified atom stereocenters. The van der Waals surface area contributed by atoms with Crippen LogP contribution in [0.2, 0.25) is 0 Å². The van der Waals surface area contributed by atoms with E-state index < -0.39 is 16.8 Å². The third kappa shape index (κ3) is 456. The summed E-state index contributed by atoms with van der Waals surface area (Å²) in [6.45, 7) is 15.7. The summed E-state index contributed by atoms with van der Waals surface area (Å²) < 4.78 is 0. The molecule has 0 spiro atoms. The molecule has 0 amide bonds. The molecule has 0 heterocycles. The molecule has 0 saturated heterocycles. The van der Waals surface area contributed by atoms with Crippen LogP contribution in [0.3, 0.4) is 0 Å². The molecule has 0 atom stereocenters. The number of hydrogen-bond acceptors (Lipinski definition) is 3. The summed E-state index contributed by atoms with van der Waals surface area (Å²) in [6, 6.07) is 0. The Morgan fingerprint density at radius 2 is 0.840 bits per heavy atom. The molecule has 1 rings (SSSR count). The first-order valence-corrected chi connectivity index (χ1v) is 6.89. The van der Waals surface area contributed by atoms with Gasteiger partial charge in [0.15, 0.2) is 0 Å². The Hall–Kier alpha value is 0.0743. The van der Waals surface area contributed by atoms with Gasteiger partial charge in [0.1, 0.15) is 0 Å². The Morgan fingerprint density at radius 3 is 0.880 bits per heavy atom. The van der Waals surface area contributed by atoms with Crippen molar-refractivity contribution < 1.29 is 37.0 Å². The van der Waals surface area contributed by atoms with Gasteiger partial charge in [0, 0.05) is 21.7 Å². The third-order valence-electron chi connectivity index (χ3n) is 0.586. The first kappa shape index (κ1) is 49.8. The standard InChI is InChI=1S/C5H5.3C4H10O.4CH3.Ti/c1-2-4-5-3-1;3*1-4(2,3)5;;;;;/h1-3H,4H2;3*5H,1-3H3;4*1H3;/q-1;;;;4*-1;. The second-order valence-corrected chi connectivity index (χ2v) is 7.52. The van der Waals surface area contributed by atoms with Crippen molar-refractivity contribution >= 4 is 0 Å². The Labute approximate surface area is 176 Å².